The minimum absolute atomic E-state index is 0.252. The molecule has 1 saturated heterocycles. The highest BCUT2D eigenvalue weighted by atomic mass is 35.5. The fourth-order valence-electron chi connectivity index (χ4n) is 1.83. The zero-order valence-electron chi connectivity index (χ0n) is 11.8. The molecule has 0 radical (unpaired) electrons. The van der Waals surface area contributed by atoms with E-state index in [1.807, 2.05) is 20.8 Å². The summed E-state index contributed by atoms with van der Waals surface area (Å²) in [5.74, 6) is 0. The molecular weight excluding hydrogens is 298 g/mol. The SMILES string of the molecule is CC(C)(C)OC(=O)N1CCC(Sc2ncc(Cl)cn2)C1. The van der Waals surface area contributed by atoms with Crippen LogP contribution in [0.15, 0.2) is 17.6 Å². The van der Waals surface area contributed by atoms with E-state index in [0.717, 1.165) is 6.42 Å². The van der Waals surface area contributed by atoms with E-state index in [4.69, 9.17) is 16.3 Å². The zero-order valence-corrected chi connectivity index (χ0v) is 13.4. The molecule has 1 aliphatic rings. The van der Waals surface area contributed by atoms with Gasteiger partial charge in [-0.15, -0.1) is 0 Å². The van der Waals surface area contributed by atoms with Crippen LogP contribution in [0.3, 0.4) is 0 Å². The van der Waals surface area contributed by atoms with Gasteiger partial charge in [0.05, 0.1) is 17.4 Å². The van der Waals surface area contributed by atoms with E-state index in [1.165, 1.54) is 0 Å². The van der Waals surface area contributed by atoms with Gasteiger partial charge in [0.15, 0.2) is 5.16 Å². The Morgan fingerprint density at radius 2 is 2.10 bits per heavy atom. The van der Waals surface area contributed by atoms with Gasteiger partial charge in [-0.2, -0.15) is 0 Å². The molecule has 0 aliphatic carbocycles. The maximum Gasteiger partial charge on any atom is 0.410 e. The van der Waals surface area contributed by atoms with E-state index in [9.17, 15) is 4.79 Å². The van der Waals surface area contributed by atoms with Gasteiger partial charge in [0.2, 0.25) is 0 Å². The topological polar surface area (TPSA) is 55.3 Å². The third-order valence-corrected chi connectivity index (χ3v) is 4.00. The standard InChI is InChI=1S/C13H18ClN3O2S/c1-13(2,3)19-12(18)17-5-4-10(8-17)20-11-15-6-9(14)7-16-11/h6-7,10H,4-5,8H2,1-3H3. The molecule has 5 nitrogen and oxygen atoms in total. The largest absolute Gasteiger partial charge is 0.444 e. The summed E-state index contributed by atoms with van der Waals surface area (Å²) in [6.07, 6.45) is 3.82. The molecule has 0 saturated carbocycles. The van der Waals surface area contributed by atoms with Gasteiger partial charge in [0.25, 0.3) is 0 Å². The molecular formula is C13H18ClN3O2S. The number of aromatic nitrogens is 2. The highest BCUT2D eigenvalue weighted by Gasteiger charge is 2.30. The average molecular weight is 316 g/mol. The van der Waals surface area contributed by atoms with Crippen LogP contribution in [0.25, 0.3) is 0 Å². The van der Waals surface area contributed by atoms with Crippen molar-refractivity contribution in [1.82, 2.24) is 14.9 Å². The second-order valence-electron chi connectivity index (χ2n) is 5.64. The summed E-state index contributed by atoms with van der Waals surface area (Å²) in [5, 5.41) is 1.50. The number of amides is 1. The number of halogens is 1. The molecule has 2 rings (SSSR count). The molecule has 1 fully saturated rings. The monoisotopic (exact) mass is 315 g/mol. The van der Waals surface area contributed by atoms with Gasteiger partial charge in [-0.1, -0.05) is 23.4 Å². The predicted molar refractivity (Wildman–Crippen MR) is 79.1 cm³/mol. The van der Waals surface area contributed by atoms with Crippen LogP contribution in [0.2, 0.25) is 5.02 Å². The quantitative estimate of drug-likeness (QED) is 0.784. The van der Waals surface area contributed by atoms with Crippen LogP contribution < -0.4 is 0 Å². The third kappa shape index (κ3) is 4.52. The Bertz CT molecular complexity index is 475. The number of carbonyl (C=O) groups is 1. The Kier molecular flexibility index (Phi) is 4.75. The molecule has 0 spiro atoms. The van der Waals surface area contributed by atoms with Crippen molar-refractivity contribution >= 4 is 29.5 Å². The first-order valence-corrected chi connectivity index (χ1v) is 7.71. The smallest absolute Gasteiger partial charge is 0.410 e. The predicted octanol–water partition coefficient (Wildman–Crippen LogP) is 3.23. The second kappa shape index (κ2) is 6.18. The lowest BCUT2D eigenvalue weighted by Crippen LogP contribution is -2.35. The van der Waals surface area contributed by atoms with Crippen molar-refractivity contribution in [1.29, 1.82) is 0 Å². The van der Waals surface area contributed by atoms with Crippen LogP contribution in [0, 0.1) is 0 Å². The van der Waals surface area contributed by atoms with Crippen LogP contribution in [0.4, 0.5) is 4.79 Å². The van der Waals surface area contributed by atoms with Crippen LogP contribution in [-0.4, -0.2) is 44.9 Å². The van der Waals surface area contributed by atoms with Gasteiger partial charge in [-0.3, -0.25) is 0 Å². The van der Waals surface area contributed by atoms with E-state index in [0.29, 0.717) is 28.5 Å². The highest BCUT2D eigenvalue weighted by Crippen LogP contribution is 2.28. The summed E-state index contributed by atoms with van der Waals surface area (Å²) in [5.41, 5.74) is -0.457. The lowest BCUT2D eigenvalue weighted by atomic mass is 10.2. The zero-order chi connectivity index (χ0) is 14.8. The van der Waals surface area contributed by atoms with Crippen molar-refractivity contribution < 1.29 is 9.53 Å². The minimum Gasteiger partial charge on any atom is -0.444 e. The van der Waals surface area contributed by atoms with Gasteiger partial charge in [-0.05, 0) is 27.2 Å². The molecule has 0 N–H and O–H groups in total. The number of hydrogen-bond acceptors (Lipinski definition) is 5. The first-order chi connectivity index (χ1) is 9.33. The molecule has 1 aromatic heterocycles. The van der Waals surface area contributed by atoms with Crippen LogP contribution >= 0.6 is 23.4 Å². The maximum atomic E-state index is 11.9. The first kappa shape index (κ1) is 15.4. The summed E-state index contributed by atoms with van der Waals surface area (Å²) >= 11 is 7.32. The lowest BCUT2D eigenvalue weighted by molar-refractivity contribution is 0.0295. The van der Waals surface area contributed by atoms with Crippen molar-refractivity contribution in [3.8, 4) is 0 Å². The lowest BCUT2D eigenvalue weighted by Gasteiger charge is -2.24. The van der Waals surface area contributed by atoms with Crippen molar-refractivity contribution in [3.63, 3.8) is 0 Å². The summed E-state index contributed by atoms with van der Waals surface area (Å²) in [6, 6.07) is 0. The van der Waals surface area contributed by atoms with E-state index in [-0.39, 0.29) is 6.09 Å². The molecule has 0 aromatic carbocycles. The number of hydrogen-bond donors (Lipinski definition) is 0. The number of rotatable bonds is 2. The molecule has 1 aliphatic heterocycles. The van der Waals surface area contributed by atoms with Crippen molar-refractivity contribution in [2.45, 2.75) is 43.2 Å². The summed E-state index contributed by atoms with van der Waals surface area (Å²) in [6.45, 7) is 6.98. The van der Waals surface area contributed by atoms with Crippen LogP contribution in [-0.2, 0) is 4.74 Å². The van der Waals surface area contributed by atoms with E-state index >= 15 is 0 Å². The van der Waals surface area contributed by atoms with Crippen molar-refractivity contribution in [3.05, 3.63) is 17.4 Å². The Hall–Kier alpha value is -1.01. The van der Waals surface area contributed by atoms with Crippen molar-refractivity contribution in [2.75, 3.05) is 13.1 Å². The Balaban J connectivity index is 1.86. The van der Waals surface area contributed by atoms with E-state index in [1.54, 1.807) is 29.1 Å². The average Bonchev–Trinajstić information content (AvgIpc) is 2.79. The maximum absolute atomic E-state index is 11.9. The molecule has 1 atom stereocenters. The molecule has 20 heavy (non-hydrogen) atoms. The van der Waals surface area contributed by atoms with E-state index in [2.05, 4.69) is 9.97 Å². The van der Waals surface area contributed by atoms with Gasteiger partial charge in [0.1, 0.15) is 5.60 Å². The minimum atomic E-state index is -0.457. The molecule has 1 amide bonds. The van der Waals surface area contributed by atoms with Crippen molar-refractivity contribution in [2.24, 2.45) is 0 Å². The number of ether oxygens (including phenoxy) is 1. The Morgan fingerprint density at radius 1 is 1.45 bits per heavy atom. The first-order valence-electron chi connectivity index (χ1n) is 6.45. The van der Waals surface area contributed by atoms with Crippen LogP contribution in [0.1, 0.15) is 27.2 Å². The normalized spacial score (nSPS) is 19.2. The van der Waals surface area contributed by atoms with Gasteiger partial charge in [-0.25, -0.2) is 14.8 Å². The summed E-state index contributed by atoms with van der Waals surface area (Å²) in [4.78, 5) is 22.0. The molecule has 1 aromatic rings. The molecule has 110 valence electrons. The second-order valence-corrected chi connectivity index (χ2v) is 7.34. The number of likely N-dealkylation sites (tertiary alicyclic amines) is 1. The summed E-state index contributed by atoms with van der Waals surface area (Å²) < 4.78 is 5.36. The number of carbonyl (C=O) groups excluding carboxylic acids is 1. The molecule has 2 heterocycles. The van der Waals surface area contributed by atoms with Gasteiger partial charge < -0.3 is 9.64 Å². The Labute approximate surface area is 128 Å². The molecule has 7 heteroatoms. The van der Waals surface area contributed by atoms with Gasteiger partial charge in [0, 0.05) is 18.3 Å². The molecule has 1 unspecified atom stereocenters. The fourth-order valence-corrected chi connectivity index (χ4v) is 2.93. The summed E-state index contributed by atoms with van der Waals surface area (Å²) in [7, 11) is 0. The van der Waals surface area contributed by atoms with E-state index < -0.39 is 5.60 Å². The highest BCUT2D eigenvalue weighted by molar-refractivity contribution is 7.99. The third-order valence-electron chi connectivity index (χ3n) is 2.67. The number of nitrogens with zero attached hydrogens (tertiary/aromatic N) is 3. The Morgan fingerprint density at radius 3 is 2.70 bits per heavy atom. The number of thioether (sulfide) groups is 1. The van der Waals surface area contributed by atoms with Gasteiger partial charge >= 0.3 is 6.09 Å². The molecule has 0 bridgehead atoms. The fraction of sp³-hybridized carbons (Fsp3) is 0.615. The van der Waals surface area contributed by atoms with Crippen LogP contribution in [0.5, 0.6) is 0 Å².